The molecule has 260 valence electrons. The molecule has 51 heavy (non-hydrogen) atoms. The molecule has 0 aliphatic carbocycles. The summed E-state index contributed by atoms with van der Waals surface area (Å²) in [6, 6.07) is 18.6. The van der Waals surface area contributed by atoms with Crippen LogP contribution in [0.3, 0.4) is 0 Å². The minimum atomic E-state index is -1.17. The first-order valence-electron chi connectivity index (χ1n) is 16.0. The van der Waals surface area contributed by atoms with Gasteiger partial charge in [0.05, 0.1) is 25.4 Å². The van der Waals surface area contributed by atoms with Gasteiger partial charge < -0.3 is 25.4 Å². The summed E-state index contributed by atoms with van der Waals surface area (Å²) in [5, 5.41) is 17.9. The molecule has 1 saturated heterocycles. The molecule has 12 nitrogen and oxygen atoms in total. The summed E-state index contributed by atoms with van der Waals surface area (Å²) in [5.74, 6) is -1.000. The highest BCUT2D eigenvalue weighted by atomic mass is 19.1. The van der Waals surface area contributed by atoms with Crippen LogP contribution in [0.25, 0.3) is 16.7 Å². The molecule has 0 radical (unpaired) electrons. The van der Waals surface area contributed by atoms with E-state index >= 15 is 4.39 Å². The van der Waals surface area contributed by atoms with Crippen molar-refractivity contribution in [2.75, 3.05) is 30.8 Å². The lowest BCUT2D eigenvalue weighted by Crippen LogP contribution is -2.45. The first kappa shape index (κ1) is 33.3. The minimum Gasteiger partial charge on any atom is -0.497 e. The first-order chi connectivity index (χ1) is 24.8. The van der Waals surface area contributed by atoms with Crippen LogP contribution < -0.4 is 31.0 Å². The third-order valence-corrected chi connectivity index (χ3v) is 8.39. The molecule has 0 bridgehead atoms. The van der Waals surface area contributed by atoms with Crippen molar-refractivity contribution in [1.82, 2.24) is 29.9 Å². The molecule has 0 saturated carbocycles. The Labute approximate surface area is 288 Å². The summed E-state index contributed by atoms with van der Waals surface area (Å²) in [5.41, 5.74) is 0.662. The van der Waals surface area contributed by atoms with E-state index in [1.807, 2.05) is 24.3 Å². The second-order valence-electron chi connectivity index (χ2n) is 11.8. The third-order valence-electron chi connectivity index (χ3n) is 8.39. The number of pyridine rings is 1. The number of methoxy groups -OCH3 is 1. The molecule has 1 aliphatic heterocycles. The number of alkyl halides is 1. The van der Waals surface area contributed by atoms with E-state index < -0.39 is 35.3 Å². The van der Waals surface area contributed by atoms with Crippen molar-refractivity contribution in [3.63, 3.8) is 0 Å². The van der Waals surface area contributed by atoms with Gasteiger partial charge in [-0.25, -0.2) is 22.8 Å². The number of halogens is 3. The normalized spacial score (nSPS) is 15.8. The second kappa shape index (κ2) is 14.3. The molecule has 4 heterocycles. The van der Waals surface area contributed by atoms with E-state index in [4.69, 9.17) is 14.6 Å². The number of benzene rings is 3. The van der Waals surface area contributed by atoms with Gasteiger partial charge in [0.1, 0.15) is 34.4 Å². The van der Waals surface area contributed by atoms with Crippen molar-refractivity contribution < 1.29 is 27.4 Å². The van der Waals surface area contributed by atoms with Gasteiger partial charge >= 0.3 is 0 Å². The zero-order valence-electron chi connectivity index (χ0n) is 27.1. The van der Waals surface area contributed by atoms with E-state index in [9.17, 15) is 18.4 Å². The molecule has 7 rings (SSSR count). The number of ether oxygens (including phenoxy) is 2. The van der Waals surface area contributed by atoms with Gasteiger partial charge in [0.25, 0.3) is 11.5 Å². The zero-order valence-corrected chi connectivity index (χ0v) is 27.1. The monoisotopic (exact) mass is 696 g/mol. The molecular weight excluding hydrogens is 665 g/mol. The molecule has 1 amide bonds. The van der Waals surface area contributed by atoms with Gasteiger partial charge in [-0.1, -0.05) is 12.1 Å². The van der Waals surface area contributed by atoms with Crippen LogP contribution in [0, 0.1) is 11.6 Å². The summed E-state index contributed by atoms with van der Waals surface area (Å²) in [6.07, 6.45) is 2.12. The summed E-state index contributed by atoms with van der Waals surface area (Å²) < 4.78 is 57.8. The van der Waals surface area contributed by atoms with Crippen molar-refractivity contribution in [3.05, 3.63) is 124 Å². The van der Waals surface area contributed by atoms with Crippen LogP contribution in [0.1, 0.15) is 22.3 Å². The van der Waals surface area contributed by atoms with Gasteiger partial charge in [0.2, 0.25) is 0 Å². The van der Waals surface area contributed by atoms with Crippen LogP contribution in [0.2, 0.25) is 0 Å². The predicted octanol–water partition coefficient (Wildman–Crippen LogP) is 5.47. The molecule has 15 heteroatoms. The van der Waals surface area contributed by atoms with Gasteiger partial charge in [0.15, 0.2) is 23.0 Å². The number of anilines is 2. The van der Waals surface area contributed by atoms with E-state index in [0.29, 0.717) is 42.1 Å². The Morgan fingerprint density at radius 3 is 2.55 bits per heavy atom. The average Bonchev–Trinajstić information content (AvgIpc) is 3.48. The number of carbonyl (C=O) groups is 1. The lowest BCUT2D eigenvalue weighted by atomic mass is 10.0. The largest absolute Gasteiger partial charge is 0.497 e. The van der Waals surface area contributed by atoms with E-state index in [2.05, 4.69) is 26.0 Å². The van der Waals surface area contributed by atoms with E-state index in [-0.39, 0.29) is 35.0 Å². The summed E-state index contributed by atoms with van der Waals surface area (Å²) in [7, 11) is 1.59. The molecule has 0 spiro atoms. The van der Waals surface area contributed by atoms with Gasteiger partial charge in [0, 0.05) is 36.8 Å². The highest BCUT2D eigenvalue weighted by Gasteiger charge is 2.28. The van der Waals surface area contributed by atoms with Crippen molar-refractivity contribution in [1.29, 1.82) is 0 Å². The molecule has 3 aromatic heterocycles. The highest BCUT2D eigenvalue weighted by Crippen LogP contribution is 2.36. The van der Waals surface area contributed by atoms with Crippen LogP contribution in [-0.4, -0.2) is 62.9 Å². The third kappa shape index (κ3) is 7.10. The first-order valence-corrected chi connectivity index (χ1v) is 16.0. The molecule has 1 aliphatic rings. The Morgan fingerprint density at radius 1 is 1.00 bits per heavy atom. The molecule has 6 aromatic rings. The van der Waals surface area contributed by atoms with E-state index in [0.717, 1.165) is 16.3 Å². The van der Waals surface area contributed by atoms with Gasteiger partial charge in [-0.2, -0.15) is 14.9 Å². The van der Waals surface area contributed by atoms with Crippen molar-refractivity contribution in [3.8, 4) is 22.9 Å². The van der Waals surface area contributed by atoms with Crippen molar-refractivity contribution >= 4 is 28.4 Å². The predicted molar refractivity (Wildman–Crippen MR) is 184 cm³/mol. The Hall–Kier alpha value is -6.22. The quantitative estimate of drug-likeness (QED) is 0.170. The highest BCUT2D eigenvalue weighted by molar-refractivity contribution is 6.04. The number of rotatable bonds is 10. The lowest BCUT2D eigenvalue weighted by Gasteiger charge is -2.27. The molecule has 1 fully saturated rings. The molecular formula is C36H31F3N8O4. The Bertz CT molecular complexity index is 2260. The number of hydrogen-bond donors (Lipinski definition) is 3. The number of amides is 1. The SMILES string of the molecule is COc1ccc(Cn2nc(N[C@H]3CCNC[C@@H]3F)c3c(Oc4ccc(NC(=O)c5ccnn(-c6ccc(F)cc6)c5=O)cc4F)ccnc32)cc1. The summed E-state index contributed by atoms with van der Waals surface area (Å²) in [4.78, 5) is 30.6. The maximum atomic E-state index is 15.6. The Kier molecular flexibility index (Phi) is 9.35. The van der Waals surface area contributed by atoms with Crippen LogP contribution in [-0.2, 0) is 6.54 Å². The van der Waals surface area contributed by atoms with E-state index in [1.165, 1.54) is 54.9 Å². The standard InChI is InChI=1S/C36H31F3N8O4/c1-50-25-9-2-21(3-10-25)20-46-34-32(33(45-46)44-29-13-15-40-19-28(29)39)31(14-16-41-34)51-30-11-6-23(18-27(30)38)43-35(48)26-12-17-42-47(36(26)49)24-7-4-22(37)5-8-24/h2-12,14,16-18,28-29,40H,13,15,19-20H2,1H3,(H,43,48)(H,44,45)/t28-,29-/m0/s1. The minimum absolute atomic E-state index is 0.0591. The van der Waals surface area contributed by atoms with Gasteiger partial charge in [-0.3, -0.25) is 9.59 Å². The number of nitrogens with one attached hydrogen (secondary N) is 3. The van der Waals surface area contributed by atoms with E-state index in [1.54, 1.807) is 17.9 Å². The maximum absolute atomic E-state index is 15.6. The molecule has 3 aromatic carbocycles. The number of nitrogens with zero attached hydrogens (tertiary/aromatic N) is 5. The molecule has 2 atom stereocenters. The van der Waals surface area contributed by atoms with Crippen LogP contribution in [0.5, 0.6) is 17.2 Å². The topological polar surface area (TPSA) is 137 Å². The maximum Gasteiger partial charge on any atom is 0.284 e. The zero-order chi connectivity index (χ0) is 35.5. The van der Waals surface area contributed by atoms with Crippen LogP contribution >= 0.6 is 0 Å². The Balaban J connectivity index is 1.16. The average molecular weight is 697 g/mol. The number of hydrogen-bond acceptors (Lipinski definition) is 9. The van der Waals surface area contributed by atoms with Crippen LogP contribution in [0.4, 0.5) is 24.7 Å². The number of fused-ring (bicyclic) bond motifs is 1. The van der Waals surface area contributed by atoms with Crippen molar-refractivity contribution in [2.24, 2.45) is 0 Å². The molecule has 3 N–H and O–H groups in total. The van der Waals surface area contributed by atoms with Gasteiger partial charge in [-0.15, -0.1) is 0 Å². The fourth-order valence-electron chi connectivity index (χ4n) is 5.76. The van der Waals surface area contributed by atoms with Crippen molar-refractivity contribution in [2.45, 2.75) is 25.2 Å². The summed E-state index contributed by atoms with van der Waals surface area (Å²) >= 11 is 0. The molecule has 0 unspecified atom stereocenters. The van der Waals surface area contributed by atoms with Gasteiger partial charge in [-0.05, 0) is 73.1 Å². The van der Waals surface area contributed by atoms with Crippen LogP contribution in [0.15, 0.2) is 96.1 Å². The number of aromatic nitrogens is 5. The Morgan fingerprint density at radius 2 is 1.80 bits per heavy atom. The summed E-state index contributed by atoms with van der Waals surface area (Å²) in [6.45, 7) is 1.16. The fourth-order valence-corrected chi connectivity index (χ4v) is 5.76. The second-order valence-corrected chi connectivity index (χ2v) is 11.8. The lowest BCUT2D eigenvalue weighted by molar-refractivity contribution is 0.102. The number of piperidine rings is 1. The number of carbonyl (C=O) groups excluding carboxylic acids is 1. The smallest absolute Gasteiger partial charge is 0.284 e. The fraction of sp³-hybridized carbons (Fsp3) is 0.194.